The van der Waals surface area contributed by atoms with E-state index in [1.165, 1.54) is 6.92 Å². The first kappa shape index (κ1) is 3.92. The van der Waals surface area contributed by atoms with Crippen LogP contribution in [-0.4, -0.2) is 11.3 Å². The van der Waals surface area contributed by atoms with E-state index in [0.29, 0.717) is 0 Å². The highest BCUT2D eigenvalue weighted by atomic mass is 16.3. The van der Waals surface area contributed by atoms with Crippen LogP contribution in [0, 0.1) is 0 Å². The maximum Gasteiger partial charge on any atom is 0.0991 e. The maximum absolute atomic E-state index is 7.83. The van der Waals surface area contributed by atoms with Crippen molar-refractivity contribution >= 4 is 0 Å². The van der Waals surface area contributed by atoms with Gasteiger partial charge in [-0.25, -0.2) is 0 Å². The van der Waals surface area contributed by atoms with Gasteiger partial charge in [0, 0.05) is 1.43 Å². The molecule has 0 heterocycles. The van der Waals surface area contributed by atoms with E-state index >= 15 is 0 Å². The summed E-state index contributed by atoms with van der Waals surface area (Å²) in [6.07, 6.45) is -0.667. The Bertz CT molecular complexity index is 14.4. The van der Waals surface area contributed by atoms with Gasteiger partial charge in [-0.15, -0.1) is 0 Å². The average molecular weight is 62.1 g/mol. The molecule has 0 aromatic heterocycles. The summed E-state index contributed by atoms with van der Waals surface area (Å²) in [5, 5.41) is 7.83. The quantitative estimate of drug-likeness (QED) is 0.368. The van der Waals surface area contributed by atoms with Crippen molar-refractivity contribution in [1.82, 2.24) is 0 Å². The van der Waals surface area contributed by atoms with E-state index in [-0.39, 0.29) is 1.43 Å². The Morgan fingerprint density at radius 1 is 2.25 bits per heavy atom. The third-order valence-electron chi connectivity index (χ3n) is 0. The number of hydrogen-bond donors (Lipinski definition) is 2. The smallest absolute Gasteiger partial charge is 0.0991 e. The number of aliphatic hydroxyl groups excluding tert-OH is 1. The van der Waals surface area contributed by atoms with Crippen LogP contribution in [0.2, 0.25) is 0 Å². The first-order valence-corrected chi connectivity index (χ1v) is 1.17. The van der Waals surface area contributed by atoms with Crippen LogP contribution in [0.1, 0.15) is 8.35 Å². The standard InChI is InChI=1S/C2H7NO.H/c1-2(3)4;/h2,4H,3H2,1H3;. The second kappa shape index (κ2) is 1.26. The number of hydrogen-bond acceptors (Lipinski definition) is 2. The van der Waals surface area contributed by atoms with Gasteiger partial charge in [0.2, 0.25) is 0 Å². The molecule has 1 unspecified atom stereocenters. The molecule has 0 saturated heterocycles. The lowest BCUT2D eigenvalue weighted by atomic mass is 10.7. The van der Waals surface area contributed by atoms with Gasteiger partial charge in [0.15, 0.2) is 0 Å². The van der Waals surface area contributed by atoms with Crippen LogP contribution in [0.5, 0.6) is 0 Å². The van der Waals surface area contributed by atoms with Crippen molar-refractivity contribution < 1.29 is 6.53 Å². The Morgan fingerprint density at radius 2 is 2.25 bits per heavy atom. The van der Waals surface area contributed by atoms with Gasteiger partial charge in [0.05, 0.1) is 6.23 Å². The van der Waals surface area contributed by atoms with Crippen LogP contribution in [-0.2, 0) is 0 Å². The van der Waals surface area contributed by atoms with Gasteiger partial charge in [-0.2, -0.15) is 0 Å². The molecule has 0 aliphatic carbocycles. The van der Waals surface area contributed by atoms with Crippen molar-refractivity contribution in [1.29, 1.82) is 0 Å². The number of nitrogens with two attached hydrogens (primary N) is 1. The maximum atomic E-state index is 7.83. The average Bonchev–Trinajstić information content (AvgIpc) is 0.811. The van der Waals surface area contributed by atoms with E-state index < -0.39 is 6.23 Å². The summed E-state index contributed by atoms with van der Waals surface area (Å²) in [4.78, 5) is 0. The lowest BCUT2D eigenvalue weighted by Gasteiger charge is -1.82. The molecule has 1 atom stereocenters. The molecule has 1 radical (unpaired) electrons. The highest BCUT2D eigenvalue weighted by molar-refractivity contribution is 4.16. The van der Waals surface area contributed by atoms with Gasteiger partial charge in [-0.3, -0.25) is 0 Å². The fraction of sp³-hybridized carbons (Fsp3) is 1.00. The van der Waals surface area contributed by atoms with E-state index in [1.807, 2.05) is 0 Å². The minimum Gasteiger partial charge on any atom is -0.379 e. The zero-order chi connectivity index (χ0) is 3.58. The van der Waals surface area contributed by atoms with E-state index in [2.05, 4.69) is 5.73 Å². The zero-order valence-electron chi connectivity index (χ0n) is 3.60. The van der Waals surface area contributed by atoms with Crippen LogP contribution in [0.4, 0.5) is 0 Å². The Balaban J connectivity index is 0. The zero-order valence-corrected chi connectivity index (χ0v) is 2.60. The Kier molecular flexibility index (Phi) is 1.24. The normalized spacial score (nSPS) is 15.8. The molecule has 0 aliphatic rings. The van der Waals surface area contributed by atoms with Crippen molar-refractivity contribution in [2.24, 2.45) is 5.73 Å². The molecule has 27 valence electrons. The largest absolute Gasteiger partial charge is 0.379 e. The minimum atomic E-state index is -0.667. The van der Waals surface area contributed by atoms with Crippen molar-refractivity contribution in [2.75, 3.05) is 0 Å². The molecule has 0 aliphatic heterocycles. The lowest BCUT2D eigenvalue weighted by Crippen LogP contribution is -2.11. The second-order valence-corrected chi connectivity index (χ2v) is 0.741. The summed E-state index contributed by atoms with van der Waals surface area (Å²) in [6.45, 7) is 1.50. The number of aliphatic hydroxyl groups is 1. The first-order chi connectivity index (χ1) is 1.73. The summed E-state index contributed by atoms with van der Waals surface area (Å²) >= 11 is 0. The highest BCUT2D eigenvalue weighted by Gasteiger charge is 1.68. The summed E-state index contributed by atoms with van der Waals surface area (Å²) in [6, 6.07) is 0. The van der Waals surface area contributed by atoms with Gasteiger partial charge < -0.3 is 10.8 Å². The van der Waals surface area contributed by atoms with Crippen LogP contribution < -0.4 is 5.73 Å². The molecule has 2 nitrogen and oxygen atoms in total. The SMILES string of the molecule is CC(N)O.[H]. The van der Waals surface area contributed by atoms with E-state index in [4.69, 9.17) is 5.11 Å². The molecule has 0 fully saturated rings. The minimum absolute atomic E-state index is 0. The van der Waals surface area contributed by atoms with Crippen LogP contribution in [0.3, 0.4) is 0 Å². The van der Waals surface area contributed by atoms with Crippen molar-refractivity contribution in [3.8, 4) is 0 Å². The summed E-state index contributed by atoms with van der Waals surface area (Å²) in [5.74, 6) is 0. The predicted octanol–water partition coefficient (Wildman–Crippen LogP) is -0.604. The molecule has 2 heteroatoms. The van der Waals surface area contributed by atoms with Crippen LogP contribution in [0.25, 0.3) is 0 Å². The fourth-order valence-corrected chi connectivity index (χ4v) is 0. The van der Waals surface area contributed by atoms with E-state index in [1.54, 1.807) is 0 Å². The molecule has 0 rings (SSSR count). The van der Waals surface area contributed by atoms with Crippen molar-refractivity contribution in [3.63, 3.8) is 0 Å². The first-order valence-electron chi connectivity index (χ1n) is 1.17. The molecular weight excluding hydrogens is 54.0 g/mol. The molecule has 0 aromatic rings. The third-order valence-corrected chi connectivity index (χ3v) is 0. The molecule has 0 saturated carbocycles. The van der Waals surface area contributed by atoms with E-state index in [9.17, 15) is 0 Å². The van der Waals surface area contributed by atoms with Gasteiger partial charge in [-0.05, 0) is 6.92 Å². The molecule has 4 heavy (non-hydrogen) atoms. The lowest BCUT2D eigenvalue weighted by molar-refractivity contribution is 0.203. The topological polar surface area (TPSA) is 46.2 Å². The Labute approximate surface area is 26.7 Å². The highest BCUT2D eigenvalue weighted by Crippen LogP contribution is 1.50. The van der Waals surface area contributed by atoms with Crippen LogP contribution >= 0.6 is 0 Å². The van der Waals surface area contributed by atoms with Gasteiger partial charge in [0.1, 0.15) is 0 Å². The number of rotatable bonds is 0. The molecular formula is C2H8NO. The Hall–Kier alpha value is -0.0800. The molecule has 3 N–H and O–H groups in total. The summed E-state index contributed by atoms with van der Waals surface area (Å²) in [7, 11) is 0. The predicted molar refractivity (Wildman–Crippen MR) is 17.0 cm³/mol. The molecule has 0 bridgehead atoms. The Morgan fingerprint density at radius 3 is 2.25 bits per heavy atom. The van der Waals surface area contributed by atoms with Gasteiger partial charge in [-0.1, -0.05) is 0 Å². The second-order valence-electron chi connectivity index (χ2n) is 0.741. The molecule has 0 amide bonds. The summed E-state index contributed by atoms with van der Waals surface area (Å²) in [5.41, 5.74) is 4.67. The van der Waals surface area contributed by atoms with Gasteiger partial charge >= 0.3 is 0 Å². The fourth-order valence-electron chi connectivity index (χ4n) is 0. The van der Waals surface area contributed by atoms with E-state index in [0.717, 1.165) is 0 Å². The van der Waals surface area contributed by atoms with Crippen molar-refractivity contribution in [3.05, 3.63) is 0 Å². The third kappa shape index (κ3) is 254. The molecule has 0 spiro atoms. The summed E-state index contributed by atoms with van der Waals surface area (Å²) < 4.78 is 0. The monoisotopic (exact) mass is 62.1 g/mol. The molecule has 0 aromatic carbocycles. The van der Waals surface area contributed by atoms with Crippen LogP contribution in [0.15, 0.2) is 0 Å². The van der Waals surface area contributed by atoms with Crippen molar-refractivity contribution in [2.45, 2.75) is 13.2 Å². The van der Waals surface area contributed by atoms with Gasteiger partial charge in [0.25, 0.3) is 0 Å².